The molecule has 0 unspecified atom stereocenters. The number of hydrogen-bond donors (Lipinski definition) is 1. The summed E-state index contributed by atoms with van der Waals surface area (Å²) in [6.45, 7) is 0. The molecule has 1 heterocycles. The lowest BCUT2D eigenvalue weighted by Gasteiger charge is -2.03. The normalized spacial score (nSPS) is 14.7. The Labute approximate surface area is 104 Å². The monoisotopic (exact) mass is 243 g/mol. The van der Waals surface area contributed by atoms with Gasteiger partial charge in [0.15, 0.2) is 11.6 Å². The highest BCUT2D eigenvalue weighted by atomic mass is 16.4. The number of carboxylic acids is 1. The van der Waals surface area contributed by atoms with Gasteiger partial charge in [0.05, 0.1) is 5.56 Å². The second-order valence-corrected chi connectivity index (χ2v) is 4.54. The second kappa shape index (κ2) is 3.94. The summed E-state index contributed by atoms with van der Waals surface area (Å²) in [6.07, 6.45) is 2.26. The first-order valence-electron chi connectivity index (χ1n) is 5.90. The van der Waals surface area contributed by atoms with Crippen molar-refractivity contribution in [2.24, 2.45) is 7.05 Å². The molecule has 1 aromatic heterocycles. The molecule has 1 saturated carbocycles. The maximum absolute atomic E-state index is 11.2. The number of aromatic carboxylic acids is 1. The van der Waals surface area contributed by atoms with Gasteiger partial charge in [0.2, 0.25) is 0 Å². The molecule has 1 aliphatic carbocycles. The average Bonchev–Trinajstić information content (AvgIpc) is 3.13. The lowest BCUT2D eigenvalue weighted by molar-refractivity contribution is 0.0697. The minimum Gasteiger partial charge on any atom is -0.478 e. The molecule has 1 N–H and O–H groups in total. The molecular weight excluding hydrogens is 230 g/mol. The van der Waals surface area contributed by atoms with Crippen LogP contribution in [-0.2, 0) is 7.05 Å². The van der Waals surface area contributed by atoms with Crippen LogP contribution in [0.3, 0.4) is 0 Å². The summed E-state index contributed by atoms with van der Waals surface area (Å²) < 4.78 is 1.66. The molecule has 2 aromatic rings. The number of carboxylic acid groups (broad SMARTS) is 1. The molecule has 0 saturated heterocycles. The van der Waals surface area contributed by atoms with Crippen LogP contribution >= 0.6 is 0 Å². The first-order chi connectivity index (χ1) is 8.66. The van der Waals surface area contributed by atoms with E-state index >= 15 is 0 Å². The standard InChI is InChI=1S/C13H13N3O2/c1-16-12(14-11(15-16)8-6-7-8)9-4-2-3-5-10(9)13(17)18/h2-5,8H,6-7H2,1H3,(H,17,18). The fraction of sp³-hybridized carbons (Fsp3) is 0.308. The topological polar surface area (TPSA) is 68.0 Å². The van der Waals surface area contributed by atoms with E-state index in [0.29, 0.717) is 17.3 Å². The number of carbonyl (C=O) groups is 1. The van der Waals surface area contributed by atoms with Gasteiger partial charge >= 0.3 is 5.97 Å². The maximum atomic E-state index is 11.2. The van der Waals surface area contributed by atoms with Gasteiger partial charge in [-0.2, -0.15) is 5.10 Å². The Kier molecular flexibility index (Phi) is 2.40. The van der Waals surface area contributed by atoms with Crippen LogP contribution in [0.15, 0.2) is 24.3 Å². The first kappa shape index (κ1) is 11.0. The van der Waals surface area contributed by atoms with Gasteiger partial charge in [-0.05, 0) is 18.9 Å². The van der Waals surface area contributed by atoms with Crippen molar-refractivity contribution < 1.29 is 9.90 Å². The Morgan fingerprint density at radius 3 is 2.78 bits per heavy atom. The predicted octanol–water partition coefficient (Wildman–Crippen LogP) is 2.06. The molecule has 5 nitrogen and oxygen atoms in total. The zero-order valence-corrected chi connectivity index (χ0v) is 10.00. The van der Waals surface area contributed by atoms with Gasteiger partial charge in [-0.15, -0.1) is 0 Å². The molecule has 1 aromatic carbocycles. The van der Waals surface area contributed by atoms with Crippen LogP contribution in [-0.4, -0.2) is 25.8 Å². The fourth-order valence-corrected chi connectivity index (χ4v) is 2.02. The number of aromatic nitrogens is 3. The van der Waals surface area contributed by atoms with Crippen molar-refractivity contribution in [3.63, 3.8) is 0 Å². The zero-order valence-electron chi connectivity index (χ0n) is 10.00. The Hall–Kier alpha value is -2.17. The van der Waals surface area contributed by atoms with E-state index in [4.69, 9.17) is 0 Å². The number of nitrogens with zero attached hydrogens (tertiary/aromatic N) is 3. The summed E-state index contributed by atoms with van der Waals surface area (Å²) in [7, 11) is 1.80. The van der Waals surface area contributed by atoms with Gasteiger partial charge < -0.3 is 5.11 Å². The number of rotatable bonds is 3. The molecule has 5 heteroatoms. The van der Waals surface area contributed by atoms with Crippen LogP contribution in [0.4, 0.5) is 0 Å². The van der Waals surface area contributed by atoms with Crippen LogP contribution in [0.5, 0.6) is 0 Å². The van der Waals surface area contributed by atoms with Crippen LogP contribution in [0.1, 0.15) is 34.9 Å². The van der Waals surface area contributed by atoms with E-state index in [0.717, 1.165) is 18.7 Å². The van der Waals surface area contributed by atoms with E-state index in [2.05, 4.69) is 10.1 Å². The van der Waals surface area contributed by atoms with E-state index in [1.54, 1.807) is 29.9 Å². The van der Waals surface area contributed by atoms with Gasteiger partial charge in [-0.1, -0.05) is 18.2 Å². The number of hydrogen-bond acceptors (Lipinski definition) is 3. The third-order valence-electron chi connectivity index (χ3n) is 3.12. The molecule has 0 spiro atoms. The van der Waals surface area contributed by atoms with Gasteiger partial charge in [-0.3, -0.25) is 0 Å². The van der Waals surface area contributed by atoms with E-state index < -0.39 is 5.97 Å². The minimum absolute atomic E-state index is 0.260. The molecular formula is C13H13N3O2. The lowest BCUT2D eigenvalue weighted by atomic mass is 10.1. The van der Waals surface area contributed by atoms with Crippen molar-refractivity contribution in [3.05, 3.63) is 35.7 Å². The first-order valence-corrected chi connectivity index (χ1v) is 5.90. The van der Waals surface area contributed by atoms with Crippen molar-refractivity contribution in [1.29, 1.82) is 0 Å². The van der Waals surface area contributed by atoms with Crippen molar-refractivity contribution in [2.75, 3.05) is 0 Å². The van der Waals surface area contributed by atoms with Crippen molar-refractivity contribution in [2.45, 2.75) is 18.8 Å². The van der Waals surface area contributed by atoms with Crippen LogP contribution in [0.2, 0.25) is 0 Å². The molecule has 92 valence electrons. The second-order valence-electron chi connectivity index (χ2n) is 4.54. The van der Waals surface area contributed by atoms with Crippen LogP contribution in [0.25, 0.3) is 11.4 Å². The summed E-state index contributed by atoms with van der Waals surface area (Å²) in [6, 6.07) is 6.88. The fourth-order valence-electron chi connectivity index (χ4n) is 2.02. The zero-order chi connectivity index (χ0) is 12.7. The highest BCUT2D eigenvalue weighted by molar-refractivity contribution is 5.94. The third-order valence-corrected chi connectivity index (χ3v) is 3.12. The Bertz CT molecular complexity index is 614. The van der Waals surface area contributed by atoms with Crippen molar-refractivity contribution >= 4 is 5.97 Å². The number of benzene rings is 1. The molecule has 0 atom stereocenters. The highest BCUT2D eigenvalue weighted by Gasteiger charge is 2.29. The minimum atomic E-state index is -0.943. The summed E-state index contributed by atoms with van der Waals surface area (Å²) in [5, 5.41) is 13.6. The molecule has 18 heavy (non-hydrogen) atoms. The molecule has 0 bridgehead atoms. The quantitative estimate of drug-likeness (QED) is 0.895. The van der Waals surface area contributed by atoms with Crippen molar-refractivity contribution in [1.82, 2.24) is 14.8 Å². The molecule has 1 fully saturated rings. The summed E-state index contributed by atoms with van der Waals surface area (Å²) in [4.78, 5) is 15.7. The van der Waals surface area contributed by atoms with E-state index in [9.17, 15) is 9.90 Å². The molecule has 1 aliphatic rings. The van der Waals surface area contributed by atoms with Gasteiger partial charge in [0, 0.05) is 18.5 Å². The third kappa shape index (κ3) is 1.77. The highest BCUT2D eigenvalue weighted by Crippen LogP contribution is 2.38. The van der Waals surface area contributed by atoms with Gasteiger partial charge in [-0.25, -0.2) is 14.5 Å². The molecule has 0 radical (unpaired) electrons. The van der Waals surface area contributed by atoms with Crippen LogP contribution < -0.4 is 0 Å². The summed E-state index contributed by atoms with van der Waals surface area (Å²) in [5.41, 5.74) is 0.877. The van der Waals surface area contributed by atoms with E-state index in [-0.39, 0.29) is 5.56 Å². The maximum Gasteiger partial charge on any atom is 0.336 e. The Morgan fingerprint density at radius 2 is 2.11 bits per heavy atom. The average molecular weight is 243 g/mol. The van der Waals surface area contributed by atoms with E-state index in [1.165, 1.54) is 0 Å². The molecule has 0 aliphatic heterocycles. The molecule has 3 rings (SSSR count). The number of aryl methyl sites for hydroxylation is 1. The smallest absolute Gasteiger partial charge is 0.336 e. The lowest BCUT2D eigenvalue weighted by Crippen LogP contribution is -2.02. The largest absolute Gasteiger partial charge is 0.478 e. The molecule has 0 amide bonds. The predicted molar refractivity (Wildman–Crippen MR) is 65.4 cm³/mol. The summed E-state index contributed by atoms with van der Waals surface area (Å²) in [5.74, 6) is 0.964. The van der Waals surface area contributed by atoms with Gasteiger partial charge in [0.1, 0.15) is 0 Å². The van der Waals surface area contributed by atoms with Gasteiger partial charge in [0.25, 0.3) is 0 Å². The Morgan fingerprint density at radius 1 is 1.39 bits per heavy atom. The van der Waals surface area contributed by atoms with E-state index in [1.807, 2.05) is 6.07 Å². The summed E-state index contributed by atoms with van der Waals surface area (Å²) >= 11 is 0. The van der Waals surface area contributed by atoms with Crippen LogP contribution in [0, 0.1) is 0 Å². The Balaban J connectivity index is 2.11. The SMILES string of the molecule is Cn1nc(C2CC2)nc1-c1ccccc1C(=O)O. The van der Waals surface area contributed by atoms with Crippen molar-refractivity contribution in [3.8, 4) is 11.4 Å².